The number of hydrogen-bond acceptors (Lipinski definition) is 6. The number of Topliss-reactive ketones (excluding diaryl/α,β-unsaturated/α-hetero) is 1. The van der Waals surface area contributed by atoms with E-state index in [0.717, 1.165) is 4.46 Å². The third kappa shape index (κ3) is 6.18. The number of esters is 1. The Bertz CT molecular complexity index is 640. The number of nitriles is 1. The number of pyridine rings is 1. The Morgan fingerprint density at radius 2 is 2.13 bits per heavy atom. The Hall–Kier alpha value is -2.23. The summed E-state index contributed by atoms with van der Waals surface area (Å²) in [5, 5.41) is 11.4. The first-order chi connectivity index (χ1) is 11.0. The normalized spacial score (nSPS) is 9.78. The molecule has 0 aliphatic rings. The van der Waals surface area contributed by atoms with E-state index in [1.165, 1.54) is 6.20 Å². The van der Waals surface area contributed by atoms with Gasteiger partial charge in [-0.15, -0.1) is 0 Å². The van der Waals surface area contributed by atoms with Crippen molar-refractivity contribution in [1.29, 1.82) is 5.26 Å². The maximum atomic E-state index is 11.8. The van der Waals surface area contributed by atoms with Gasteiger partial charge >= 0.3 is 133 Å². The van der Waals surface area contributed by atoms with Gasteiger partial charge in [0.2, 0.25) is 0 Å². The Morgan fingerprint density at radius 3 is 2.74 bits per heavy atom. The van der Waals surface area contributed by atoms with Gasteiger partial charge in [-0.1, -0.05) is 0 Å². The van der Waals surface area contributed by atoms with Crippen molar-refractivity contribution in [3.05, 3.63) is 18.0 Å². The molecule has 1 N–H and O–H groups in total. The molecule has 0 unspecified atom stereocenters. The standard InChI is InChI=1S/C15H17N3O4Se/c1-3-22-14(20)6-4-5-12(19)15(21)18-10-7-13(23-2)11(8-16)17-9-10/h7,9H,3-6H2,1-2H3,(H,18,21). The van der Waals surface area contributed by atoms with Crippen LogP contribution in [-0.2, 0) is 19.1 Å². The fraction of sp³-hybridized carbons (Fsp3) is 0.400. The molecule has 0 saturated carbocycles. The first kappa shape index (κ1) is 18.8. The minimum absolute atomic E-state index is 0.0288. The van der Waals surface area contributed by atoms with Gasteiger partial charge in [0, 0.05) is 0 Å². The molecule has 8 heteroatoms. The Kier molecular flexibility index (Phi) is 7.95. The zero-order valence-electron chi connectivity index (χ0n) is 12.9. The summed E-state index contributed by atoms with van der Waals surface area (Å²) in [6, 6.07) is 3.63. The van der Waals surface area contributed by atoms with E-state index in [4.69, 9.17) is 10.00 Å². The summed E-state index contributed by atoms with van der Waals surface area (Å²) in [6.07, 6.45) is 1.68. The van der Waals surface area contributed by atoms with E-state index < -0.39 is 11.7 Å². The van der Waals surface area contributed by atoms with E-state index in [0.29, 0.717) is 18.0 Å². The molecule has 1 rings (SSSR count). The van der Waals surface area contributed by atoms with Gasteiger partial charge < -0.3 is 0 Å². The SMILES string of the molecule is CCOC(=O)CCCC(=O)C(=O)Nc1cnc(C#N)c([Se]C)c1. The molecule has 122 valence electrons. The molecular formula is C15H17N3O4Se. The van der Waals surface area contributed by atoms with Gasteiger partial charge in [0.05, 0.1) is 0 Å². The third-order valence-electron chi connectivity index (χ3n) is 2.78. The molecule has 1 aromatic rings. The Labute approximate surface area is 140 Å². The van der Waals surface area contributed by atoms with Crippen LogP contribution in [0.3, 0.4) is 0 Å². The average molecular weight is 382 g/mol. The molecule has 1 heterocycles. The first-order valence-electron chi connectivity index (χ1n) is 6.95. The van der Waals surface area contributed by atoms with Gasteiger partial charge in [0.25, 0.3) is 0 Å². The molecule has 0 atom stereocenters. The van der Waals surface area contributed by atoms with Gasteiger partial charge in [-0.3, -0.25) is 0 Å². The van der Waals surface area contributed by atoms with Crippen LogP contribution in [0.4, 0.5) is 5.69 Å². The zero-order chi connectivity index (χ0) is 17.2. The topological polar surface area (TPSA) is 109 Å². The second kappa shape index (κ2) is 9.72. The van der Waals surface area contributed by atoms with Crippen molar-refractivity contribution in [2.75, 3.05) is 11.9 Å². The van der Waals surface area contributed by atoms with E-state index in [2.05, 4.69) is 10.3 Å². The van der Waals surface area contributed by atoms with E-state index in [-0.39, 0.29) is 40.2 Å². The van der Waals surface area contributed by atoms with Crippen LogP contribution in [0.1, 0.15) is 31.9 Å². The van der Waals surface area contributed by atoms with Crippen molar-refractivity contribution in [3.8, 4) is 6.07 Å². The molecule has 0 aliphatic heterocycles. The second-order valence-electron chi connectivity index (χ2n) is 4.42. The number of nitrogens with zero attached hydrogens (tertiary/aromatic N) is 2. The predicted molar refractivity (Wildman–Crippen MR) is 84.3 cm³/mol. The fourth-order valence-electron chi connectivity index (χ4n) is 1.69. The molecule has 0 bridgehead atoms. The van der Waals surface area contributed by atoms with Crippen LogP contribution >= 0.6 is 0 Å². The number of ether oxygens (including phenoxy) is 1. The van der Waals surface area contributed by atoms with Crippen LogP contribution in [0.25, 0.3) is 0 Å². The molecule has 1 amide bonds. The Balaban J connectivity index is 2.54. The Morgan fingerprint density at radius 1 is 1.39 bits per heavy atom. The summed E-state index contributed by atoms with van der Waals surface area (Å²) in [7, 11) is 0. The van der Waals surface area contributed by atoms with Crippen molar-refractivity contribution in [3.63, 3.8) is 0 Å². The van der Waals surface area contributed by atoms with Crippen LogP contribution in [0.15, 0.2) is 12.3 Å². The number of aromatic nitrogens is 1. The van der Waals surface area contributed by atoms with E-state index in [1.807, 2.05) is 11.9 Å². The maximum absolute atomic E-state index is 11.8. The number of anilines is 1. The van der Waals surface area contributed by atoms with Crippen molar-refractivity contribution in [1.82, 2.24) is 4.98 Å². The zero-order valence-corrected chi connectivity index (χ0v) is 14.6. The van der Waals surface area contributed by atoms with Crippen LogP contribution in [0.5, 0.6) is 0 Å². The van der Waals surface area contributed by atoms with Crippen LogP contribution < -0.4 is 9.78 Å². The van der Waals surface area contributed by atoms with Crippen molar-refractivity contribution < 1.29 is 19.1 Å². The van der Waals surface area contributed by atoms with Gasteiger partial charge in [-0.05, 0) is 6.92 Å². The van der Waals surface area contributed by atoms with Gasteiger partial charge in [0.15, 0.2) is 0 Å². The number of ketones is 1. The van der Waals surface area contributed by atoms with Crippen LogP contribution in [0.2, 0.25) is 5.82 Å². The average Bonchev–Trinajstić information content (AvgIpc) is 2.54. The van der Waals surface area contributed by atoms with Crippen molar-refractivity contribution >= 4 is 42.8 Å². The summed E-state index contributed by atoms with van der Waals surface area (Å²) in [4.78, 5) is 38.6. The summed E-state index contributed by atoms with van der Waals surface area (Å²) in [5.41, 5.74) is 0.706. The number of rotatable bonds is 8. The molecule has 1 aromatic heterocycles. The number of carbonyl (C=O) groups is 3. The second-order valence-corrected chi connectivity index (χ2v) is 6.20. The summed E-state index contributed by atoms with van der Waals surface area (Å²) >= 11 is 0.0441. The molecule has 0 spiro atoms. The van der Waals surface area contributed by atoms with E-state index in [1.54, 1.807) is 13.0 Å². The quantitative estimate of drug-likeness (QED) is 0.400. The van der Waals surface area contributed by atoms with Crippen molar-refractivity contribution in [2.24, 2.45) is 0 Å². The van der Waals surface area contributed by atoms with Crippen LogP contribution in [-0.4, -0.2) is 44.2 Å². The van der Waals surface area contributed by atoms with E-state index in [9.17, 15) is 14.4 Å². The summed E-state index contributed by atoms with van der Waals surface area (Å²) in [6.45, 7) is 1.99. The molecule has 23 heavy (non-hydrogen) atoms. The molecule has 0 saturated heterocycles. The first-order valence-corrected chi connectivity index (χ1v) is 9.52. The van der Waals surface area contributed by atoms with Gasteiger partial charge in [0.1, 0.15) is 0 Å². The molecule has 0 aromatic carbocycles. The van der Waals surface area contributed by atoms with Crippen LogP contribution in [0, 0.1) is 11.3 Å². The predicted octanol–water partition coefficient (Wildman–Crippen LogP) is 0.572. The number of nitrogens with one attached hydrogen (secondary N) is 1. The molecule has 0 radical (unpaired) electrons. The van der Waals surface area contributed by atoms with Crippen molar-refractivity contribution in [2.45, 2.75) is 32.0 Å². The number of amides is 1. The van der Waals surface area contributed by atoms with E-state index >= 15 is 0 Å². The summed E-state index contributed by atoms with van der Waals surface area (Å²) < 4.78 is 5.50. The van der Waals surface area contributed by atoms with Gasteiger partial charge in [-0.2, -0.15) is 0 Å². The monoisotopic (exact) mass is 383 g/mol. The van der Waals surface area contributed by atoms with Gasteiger partial charge in [-0.25, -0.2) is 0 Å². The molecular weight excluding hydrogens is 365 g/mol. The number of hydrogen-bond donors (Lipinski definition) is 1. The minimum atomic E-state index is -0.755. The summed E-state index contributed by atoms with van der Waals surface area (Å²) in [5.74, 6) is 0.181. The molecule has 7 nitrogen and oxygen atoms in total. The fourth-order valence-corrected chi connectivity index (χ4v) is 2.82. The number of carbonyl (C=O) groups excluding carboxylic acids is 3. The third-order valence-corrected chi connectivity index (χ3v) is 4.36. The molecule has 0 aliphatic carbocycles. The molecule has 0 fully saturated rings.